The van der Waals surface area contributed by atoms with Gasteiger partial charge in [-0.05, 0) is 24.1 Å². The van der Waals surface area contributed by atoms with Crippen molar-refractivity contribution in [3.63, 3.8) is 0 Å². The highest BCUT2D eigenvalue weighted by molar-refractivity contribution is 6.31. The molecule has 0 bridgehead atoms. The number of benzene rings is 1. The maximum absolute atomic E-state index is 6.06. The molecule has 4 nitrogen and oxygen atoms in total. The molecule has 0 aliphatic carbocycles. The molecule has 17 heavy (non-hydrogen) atoms. The summed E-state index contributed by atoms with van der Waals surface area (Å²) in [6.07, 6.45) is 3.53. The molecule has 1 aromatic carbocycles. The minimum absolute atomic E-state index is 0.814. The van der Waals surface area contributed by atoms with Crippen LogP contribution in [-0.4, -0.2) is 21.5 Å². The normalized spacial score (nSPS) is 10.7. The first-order chi connectivity index (χ1) is 8.25. The molecule has 1 aromatic heterocycles. The van der Waals surface area contributed by atoms with E-state index in [1.165, 1.54) is 5.56 Å². The molecule has 2 aromatic rings. The second kappa shape index (κ2) is 5.80. The van der Waals surface area contributed by atoms with Crippen LogP contribution >= 0.6 is 11.6 Å². The SMILES string of the molecule is Cc1ccc(CNCCn2ccnn2)cc1Cl. The largest absolute Gasteiger partial charge is 0.311 e. The summed E-state index contributed by atoms with van der Waals surface area (Å²) in [5.41, 5.74) is 2.30. The molecule has 0 spiro atoms. The highest BCUT2D eigenvalue weighted by atomic mass is 35.5. The Balaban J connectivity index is 1.76. The Hall–Kier alpha value is -1.39. The zero-order valence-electron chi connectivity index (χ0n) is 9.73. The summed E-state index contributed by atoms with van der Waals surface area (Å²) >= 11 is 6.06. The third kappa shape index (κ3) is 3.54. The quantitative estimate of drug-likeness (QED) is 0.826. The van der Waals surface area contributed by atoms with Crippen LogP contribution in [0.1, 0.15) is 11.1 Å². The third-order valence-corrected chi connectivity index (χ3v) is 2.96. The molecule has 0 aliphatic rings. The number of halogens is 1. The van der Waals surface area contributed by atoms with E-state index in [4.69, 9.17) is 11.6 Å². The number of nitrogens with one attached hydrogen (secondary N) is 1. The smallest absolute Gasteiger partial charge is 0.0692 e. The zero-order chi connectivity index (χ0) is 12.1. The molecule has 0 aliphatic heterocycles. The summed E-state index contributed by atoms with van der Waals surface area (Å²) in [5, 5.41) is 11.8. The average Bonchev–Trinajstić information content (AvgIpc) is 2.82. The van der Waals surface area contributed by atoms with Gasteiger partial charge in [-0.1, -0.05) is 28.9 Å². The van der Waals surface area contributed by atoms with Gasteiger partial charge < -0.3 is 5.32 Å². The lowest BCUT2D eigenvalue weighted by Gasteiger charge is -2.06. The van der Waals surface area contributed by atoms with Gasteiger partial charge in [0.1, 0.15) is 0 Å². The third-order valence-electron chi connectivity index (χ3n) is 2.55. The fourth-order valence-corrected chi connectivity index (χ4v) is 1.73. The Kier molecular flexibility index (Phi) is 4.12. The molecule has 1 N–H and O–H groups in total. The molecule has 5 heteroatoms. The Morgan fingerprint density at radius 2 is 2.29 bits per heavy atom. The second-order valence-corrected chi connectivity index (χ2v) is 4.33. The van der Waals surface area contributed by atoms with Gasteiger partial charge in [-0.3, -0.25) is 4.68 Å². The molecule has 0 atom stereocenters. The molecule has 0 unspecified atom stereocenters. The van der Waals surface area contributed by atoms with Gasteiger partial charge in [0.05, 0.1) is 12.7 Å². The van der Waals surface area contributed by atoms with Crippen LogP contribution in [-0.2, 0) is 13.1 Å². The molecule has 90 valence electrons. The van der Waals surface area contributed by atoms with E-state index in [9.17, 15) is 0 Å². The Morgan fingerprint density at radius 3 is 3.00 bits per heavy atom. The van der Waals surface area contributed by atoms with Gasteiger partial charge in [0.15, 0.2) is 0 Å². The Morgan fingerprint density at radius 1 is 1.41 bits per heavy atom. The molecule has 1 heterocycles. The van der Waals surface area contributed by atoms with Crippen LogP contribution in [0.3, 0.4) is 0 Å². The fourth-order valence-electron chi connectivity index (χ4n) is 1.52. The summed E-state index contributed by atoms with van der Waals surface area (Å²) in [4.78, 5) is 0. The van der Waals surface area contributed by atoms with E-state index < -0.39 is 0 Å². The maximum Gasteiger partial charge on any atom is 0.0692 e. The Labute approximate surface area is 106 Å². The van der Waals surface area contributed by atoms with Crippen LogP contribution < -0.4 is 5.32 Å². The van der Waals surface area contributed by atoms with Gasteiger partial charge in [0.2, 0.25) is 0 Å². The topological polar surface area (TPSA) is 42.7 Å². The molecular formula is C12H15ClN4. The lowest BCUT2D eigenvalue weighted by Crippen LogP contribution is -2.19. The van der Waals surface area contributed by atoms with E-state index >= 15 is 0 Å². The van der Waals surface area contributed by atoms with Crippen LogP contribution in [0.5, 0.6) is 0 Å². The standard InChI is InChI=1S/C12H15ClN4/c1-10-2-3-11(8-12(10)13)9-14-4-6-17-7-5-15-16-17/h2-3,5,7-8,14H,4,6,9H2,1H3. The number of nitrogens with zero attached hydrogens (tertiary/aromatic N) is 3. The number of aromatic nitrogens is 3. The van der Waals surface area contributed by atoms with Gasteiger partial charge >= 0.3 is 0 Å². The maximum atomic E-state index is 6.06. The molecule has 0 radical (unpaired) electrons. The van der Waals surface area contributed by atoms with Crippen molar-refractivity contribution < 1.29 is 0 Å². The van der Waals surface area contributed by atoms with Crippen LogP contribution in [0.2, 0.25) is 5.02 Å². The van der Waals surface area contributed by atoms with Crippen molar-refractivity contribution in [3.8, 4) is 0 Å². The van der Waals surface area contributed by atoms with E-state index in [2.05, 4.69) is 21.7 Å². The predicted octanol–water partition coefficient (Wildman–Crippen LogP) is 2.03. The second-order valence-electron chi connectivity index (χ2n) is 3.93. The van der Waals surface area contributed by atoms with E-state index in [-0.39, 0.29) is 0 Å². The molecule has 2 rings (SSSR count). The number of aryl methyl sites for hydroxylation is 1. The van der Waals surface area contributed by atoms with Gasteiger partial charge in [-0.25, -0.2) is 0 Å². The first-order valence-electron chi connectivity index (χ1n) is 5.55. The van der Waals surface area contributed by atoms with Crippen LogP contribution in [0, 0.1) is 6.92 Å². The van der Waals surface area contributed by atoms with E-state index in [0.29, 0.717) is 0 Å². The summed E-state index contributed by atoms with van der Waals surface area (Å²) in [6, 6.07) is 6.12. The van der Waals surface area contributed by atoms with Crippen molar-refractivity contribution in [1.29, 1.82) is 0 Å². The molecular weight excluding hydrogens is 236 g/mol. The molecule has 0 amide bonds. The minimum Gasteiger partial charge on any atom is -0.311 e. The lowest BCUT2D eigenvalue weighted by atomic mass is 10.1. The Bertz CT molecular complexity index is 467. The van der Waals surface area contributed by atoms with Crippen LogP contribution in [0.4, 0.5) is 0 Å². The summed E-state index contributed by atoms with van der Waals surface area (Å²) in [5.74, 6) is 0. The van der Waals surface area contributed by atoms with Gasteiger partial charge in [-0.15, -0.1) is 5.10 Å². The predicted molar refractivity (Wildman–Crippen MR) is 67.9 cm³/mol. The summed E-state index contributed by atoms with van der Waals surface area (Å²) in [7, 11) is 0. The lowest BCUT2D eigenvalue weighted by molar-refractivity contribution is 0.540. The summed E-state index contributed by atoms with van der Waals surface area (Å²) in [6.45, 7) is 4.49. The van der Waals surface area contributed by atoms with Crippen molar-refractivity contribution in [3.05, 3.63) is 46.7 Å². The van der Waals surface area contributed by atoms with Gasteiger partial charge in [0.25, 0.3) is 0 Å². The number of hydrogen-bond acceptors (Lipinski definition) is 3. The van der Waals surface area contributed by atoms with Gasteiger partial charge in [-0.2, -0.15) is 0 Å². The molecule has 0 saturated carbocycles. The van der Waals surface area contributed by atoms with Crippen molar-refractivity contribution in [2.45, 2.75) is 20.0 Å². The fraction of sp³-hybridized carbons (Fsp3) is 0.333. The molecule has 0 fully saturated rings. The zero-order valence-corrected chi connectivity index (χ0v) is 10.5. The number of hydrogen-bond donors (Lipinski definition) is 1. The average molecular weight is 251 g/mol. The monoisotopic (exact) mass is 250 g/mol. The highest BCUT2D eigenvalue weighted by Gasteiger charge is 1.98. The van der Waals surface area contributed by atoms with Gasteiger partial charge in [0, 0.05) is 24.3 Å². The first-order valence-corrected chi connectivity index (χ1v) is 5.93. The number of rotatable bonds is 5. The first kappa shape index (κ1) is 12.1. The highest BCUT2D eigenvalue weighted by Crippen LogP contribution is 2.16. The van der Waals surface area contributed by atoms with Crippen molar-refractivity contribution in [2.75, 3.05) is 6.54 Å². The van der Waals surface area contributed by atoms with Crippen molar-refractivity contribution in [2.24, 2.45) is 0 Å². The van der Waals surface area contributed by atoms with Crippen molar-refractivity contribution >= 4 is 11.6 Å². The van der Waals surface area contributed by atoms with Crippen LogP contribution in [0.15, 0.2) is 30.6 Å². The van der Waals surface area contributed by atoms with Crippen LogP contribution in [0.25, 0.3) is 0 Å². The minimum atomic E-state index is 0.814. The van der Waals surface area contributed by atoms with E-state index in [1.807, 2.05) is 25.3 Å². The van der Waals surface area contributed by atoms with E-state index in [1.54, 1.807) is 10.9 Å². The summed E-state index contributed by atoms with van der Waals surface area (Å²) < 4.78 is 1.80. The van der Waals surface area contributed by atoms with E-state index in [0.717, 1.165) is 30.2 Å². The van der Waals surface area contributed by atoms with Crippen molar-refractivity contribution in [1.82, 2.24) is 20.3 Å². The molecule has 0 saturated heterocycles.